The van der Waals surface area contributed by atoms with Crippen molar-refractivity contribution >= 4 is 23.2 Å². The molecule has 0 atom stereocenters. The fourth-order valence-corrected chi connectivity index (χ4v) is 3.06. The maximum absolute atomic E-state index is 10.7. The number of phenolic OH excluding ortho intramolecular Hbond substituents is 3. The number of phenols is 3. The molecular formula is C18H18ClF3N2O4. The summed E-state index contributed by atoms with van der Waals surface area (Å²) in [4.78, 5) is 11.3. The number of nitrogens with zero attached hydrogens (tertiary/aromatic N) is 1. The Labute approximate surface area is 163 Å². The van der Waals surface area contributed by atoms with Crippen LogP contribution in [0.5, 0.6) is 17.2 Å². The van der Waals surface area contributed by atoms with Crippen LogP contribution in [0.4, 0.5) is 18.9 Å². The topological polar surface area (TPSA) is 107 Å². The average Bonchev–Trinajstić information content (AvgIpc) is 2.83. The van der Waals surface area contributed by atoms with E-state index in [2.05, 4.69) is 10.6 Å². The summed E-state index contributed by atoms with van der Waals surface area (Å²) in [5, 5.41) is 29.0. The van der Waals surface area contributed by atoms with E-state index in [1.165, 1.54) is 0 Å². The van der Waals surface area contributed by atoms with Crippen LogP contribution >= 0.6 is 11.6 Å². The Balaban J connectivity index is 0.000000345. The van der Waals surface area contributed by atoms with E-state index in [1.54, 1.807) is 18.2 Å². The van der Waals surface area contributed by atoms with Crippen LogP contribution in [-0.4, -0.2) is 40.5 Å². The SMILES string of the molecule is NC(=O)C(F)(F)F.Oc1ccc(N2CCc3cc(O)c(O)c(Cl)c3CC2)cc1. The summed E-state index contributed by atoms with van der Waals surface area (Å²) < 4.78 is 32.1. The van der Waals surface area contributed by atoms with Crippen molar-refractivity contribution in [2.24, 2.45) is 5.73 Å². The second kappa shape index (κ2) is 8.47. The predicted octanol–water partition coefficient (Wildman–Crippen LogP) is 3.10. The minimum atomic E-state index is -4.86. The molecule has 0 bridgehead atoms. The molecule has 0 fully saturated rings. The van der Waals surface area contributed by atoms with Gasteiger partial charge in [0.1, 0.15) is 5.75 Å². The molecule has 28 heavy (non-hydrogen) atoms. The minimum absolute atomic E-state index is 0.170. The molecule has 0 aromatic heterocycles. The lowest BCUT2D eigenvalue weighted by molar-refractivity contribution is -0.169. The smallest absolute Gasteiger partial charge is 0.470 e. The largest absolute Gasteiger partial charge is 0.508 e. The fourth-order valence-electron chi connectivity index (χ4n) is 2.75. The van der Waals surface area contributed by atoms with Crippen LogP contribution in [0.25, 0.3) is 0 Å². The molecule has 0 saturated carbocycles. The van der Waals surface area contributed by atoms with Crippen LogP contribution in [0.2, 0.25) is 5.02 Å². The fraction of sp³-hybridized carbons (Fsp3) is 0.278. The molecule has 2 aromatic carbocycles. The molecule has 0 unspecified atom stereocenters. The molecule has 0 aliphatic carbocycles. The Morgan fingerprint density at radius 1 is 1.07 bits per heavy atom. The Hall–Kier alpha value is -2.81. The highest BCUT2D eigenvalue weighted by molar-refractivity contribution is 6.33. The minimum Gasteiger partial charge on any atom is -0.508 e. The van der Waals surface area contributed by atoms with Crippen molar-refractivity contribution in [3.63, 3.8) is 0 Å². The van der Waals surface area contributed by atoms with E-state index in [4.69, 9.17) is 16.4 Å². The van der Waals surface area contributed by atoms with Gasteiger partial charge in [0.05, 0.1) is 5.02 Å². The number of halogens is 4. The molecule has 2 aromatic rings. The van der Waals surface area contributed by atoms with E-state index in [-0.39, 0.29) is 22.3 Å². The molecule has 0 spiro atoms. The van der Waals surface area contributed by atoms with Gasteiger partial charge in [-0.2, -0.15) is 13.2 Å². The van der Waals surface area contributed by atoms with Crippen LogP contribution in [0.15, 0.2) is 30.3 Å². The monoisotopic (exact) mass is 418 g/mol. The second-order valence-electron chi connectivity index (χ2n) is 6.06. The van der Waals surface area contributed by atoms with Gasteiger partial charge in [-0.15, -0.1) is 0 Å². The number of amides is 1. The highest BCUT2D eigenvalue weighted by atomic mass is 35.5. The standard InChI is InChI=1S/C16H16ClNO3.C2H2F3NO/c17-15-13-6-8-18(11-1-3-12(19)4-2-11)7-5-10(13)9-14(20)16(15)21;3-2(4,5)1(6)7/h1-4,9,19-21H,5-8H2;(H2,6,7). The first-order chi connectivity index (χ1) is 13.0. The Morgan fingerprint density at radius 3 is 2.14 bits per heavy atom. The maximum atomic E-state index is 10.7. The zero-order valence-electron chi connectivity index (χ0n) is 14.5. The van der Waals surface area contributed by atoms with Crippen molar-refractivity contribution in [3.05, 3.63) is 46.5 Å². The van der Waals surface area contributed by atoms with Gasteiger partial charge in [0.15, 0.2) is 11.5 Å². The highest BCUT2D eigenvalue weighted by Gasteiger charge is 2.35. The third-order valence-electron chi connectivity index (χ3n) is 4.19. The number of anilines is 1. The Morgan fingerprint density at radius 2 is 1.61 bits per heavy atom. The number of carbonyl (C=O) groups is 1. The quantitative estimate of drug-likeness (QED) is 0.532. The first-order valence-electron chi connectivity index (χ1n) is 8.13. The first kappa shape index (κ1) is 21.5. The summed E-state index contributed by atoms with van der Waals surface area (Å²) in [6.45, 7) is 1.56. The number of nitrogens with two attached hydrogens (primary N) is 1. The van der Waals surface area contributed by atoms with Gasteiger partial charge in [-0.1, -0.05) is 11.6 Å². The molecule has 0 saturated heterocycles. The second-order valence-corrected chi connectivity index (χ2v) is 6.44. The maximum Gasteiger partial charge on any atom is 0.470 e. The number of fused-ring (bicyclic) bond motifs is 1. The number of aromatic hydroxyl groups is 3. The molecule has 1 aliphatic rings. The van der Waals surface area contributed by atoms with E-state index in [9.17, 15) is 28.5 Å². The molecule has 1 amide bonds. The van der Waals surface area contributed by atoms with Gasteiger partial charge in [-0.3, -0.25) is 4.79 Å². The van der Waals surface area contributed by atoms with Crippen LogP contribution < -0.4 is 10.6 Å². The molecule has 10 heteroatoms. The molecule has 3 rings (SSSR count). The van der Waals surface area contributed by atoms with Gasteiger partial charge in [-0.05, 0) is 54.3 Å². The van der Waals surface area contributed by atoms with Crippen molar-refractivity contribution in [2.45, 2.75) is 19.0 Å². The lowest BCUT2D eigenvalue weighted by Gasteiger charge is -2.22. The number of alkyl halides is 3. The third kappa shape index (κ3) is 5.13. The van der Waals surface area contributed by atoms with Gasteiger partial charge in [0, 0.05) is 18.8 Å². The normalized spacial score (nSPS) is 13.8. The lowest BCUT2D eigenvalue weighted by Crippen LogP contribution is -2.30. The summed E-state index contributed by atoms with van der Waals surface area (Å²) in [5.41, 5.74) is 6.70. The number of primary amides is 1. The van der Waals surface area contributed by atoms with Crippen molar-refractivity contribution in [1.82, 2.24) is 0 Å². The van der Waals surface area contributed by atoms with Crippen molar-refractivity contribution < 1.29 is 33.3 Å². The number of benzene rings is 2. The Kier molecular flexibility index (Phi) is 6.50. The Bertz CT molecular complexity index is 857. The van der Waals surface area contributed by atoms with Gasteiger partial charge >= 0.3 is 12.1 Å². The van der Waals surface area contributed by atoms with E-state index in [1.807, 2.05) is 12.1 Å². The van der Waals surface area contributed by atoms with Gasteiger partial charge in [-0.25, -0.2) is 0 Å². The van der Waals surface area contributed by atoms with Crippen LogP contribution in [0.1, 0.15) is 11.1 Å². The number of hydrogen-bond acceptors (Lipinski definition) is 5. The zero-order chi connectivity index (χ0) is 21.1. The van der Waals surface area contributed by atoms with Crippen molar-refractivity contribution in [1.29, 1.82) is 0 Å². The van der Waals surface area contributed by atoms with Crippen LogP contribution in [0.3, 0.4) is 0 Å². The summed E-state index contributed by atoms with van der Waals surface area (Å²) >= 11 is 6.14. The molecule has 5 N–H and O–H groups in total. The van der Waals surface area contributed by atoms with E-state index < -0.39 is 12.1 Å². The van der Waals surface area contributed by atoms with Gasteiger partial charge in [0.2, 0.25) is 0 Å². The number of carbonyl (C=O) groups excluding carboxylic acids is 1. The molecular weight excluding hydrogens is 401 g/mol. The average molecular weight is 419 g/mol. The van der Waals surface area contributed by atoms with E-state index >= 15 is 0 Å². The summed E-state index contributed by atoms with van der Waals surface area (Å²) in [7, 11) is 0. The van der Waals surface area contributed by atoms with E-state index in [0.717, 1.165) is 36.3 Å². The molecule has 0 radical (unpaired) electrons. The first-order valence-corrected chi connectivity index (χ1v) is 8.51. The summed E-state index contributed by atoms with van der Waals surface area (Å²) in [6, 6.07) is 8.68. The summed E-state index contributed by atoms with van der Waals surface area (Å²) in [5.74, 6) is -2.42. The van der Waals surface area contributed by atoms with Crippen molar-refractivity contribution in [2.75, 3.05) is 18.0 Å². The van der Waals surface area contributed by atoms with Crippen LogP contribution in [-0.2, 0) is 17.6 Å². The summed E-state index contributed by atoms with van der Waals surface area (Å²) in [6.07, 6.45) is -3.42. The van der Waals surface area contributed by atoms with Gasteiger partial charge in [0.25, 0.3) is 0 Å². The van der Waals surface area contributed by atoms with Gasteiger partial charge < -0.3 is 26.0 Å². The molecule has 1 heterocycles. The molecule has 6 nitrogen and oxygen atoms in total. The third-order valence-corrected chi connectivity index (χ3v) is 4.60. The lowest BCUT2D eigenvalue weighted by atomic mass is 10.0. The zero-order valence-corrected chi connectivity index (χ0v) is 15.3. The number of hydrogen-bond donors (Lipinski definition) is 4. The van der Waals surface area contributed by atoms with Crippen molar-refractivity contribution in [3.8, 4) is 17.2 Å². The molecule has 1 aliphatic heterocycles. The predicted molar refractivity (Wildman–Crippen MR) is 97.8 cm³/mol. The van der Waals surface area contributed by atoms with E-state index in [0.29, 0.717) is 6.42 Å². The number of rotatable bonds is 1. The van der Waals surface area contributed by atoms with Crippen LogP contribution in [0, 0.1) is 0 Å². The highest BCUT2D eigenvalue weighted by Crippen LogP contribution is 2.39. The molecule has 152 valence electrons.